The minimum atomic E-state index is -0.186. The van der Waals surface area contributed by atoms with Crippen molar-refractivity contribution in [3.05, 3.63) is 23.8 Å². The summed E-state index contributed by atoms with van der Waals surface area (Å²) in [4.78, 5) is 16.6. The van der Waals surface area contributed by atoms with Gasteiger partial charge in [-0.15, -0.1) is 0 Å². The Hall–Kier alpha value is -1.79. The third kappa shape index (κ3) is 3.86. The SMILES string of the molecule is COc1ccc(C(=O)NCC2CN(C)CCN2C)cc1O. The number of ether oxygens (including phenoxy) is 1. The first kappa shape index (κ1) is 15.6. The zero-order chi connectivity index (χ0) is 15.4. The number of phenols is 1. The van der Waals surface area contributed by atoms with Crippen LogP contribution in [0.5, 0.6) is 11.5 Å². The lowest BCUT2D eigenvalue weighted by Crippen LogP contribution is -2.54. The molecule has 1 aliphatic heterocycles. The molecule has 1 heterocycles. The van der Waals surface area contributed by atoms with E-state index in [0.717, 1.165) is 19.6 Å². The maximum atomic E-state index is 12.1. The van der Waals surface area contributed by atoms with Gasteiger partial charge in [-0.2, -0.15) is 0 Å². The molecule has 1 saturated heterocycles. The Labute approximate surface area is 125 Å². The molecule has 6 heteroatoms. The molecule has 1 unspecified atom stereocenters. The molecule has 1 aliphatic rings. The second kappa shape index (κ2) is 6.78. The van der Waals surface area contributed by atoms with Crippen molar-refractivity contribution in [3.8, 4) is 11.5 Å². The highest BCUT2D eigenvalue weighted by molar-refractivity contribution is 5.94. The molecule has 1 amide bonds. The maximum Gasteiger partial charge on any atom is 0.251 e. The number of nitrogens with one attached hydrogen (secondary N) is 1. The molecule has 0 saturated carbocycles. The summed E-state index contributed by atoms with van der Waals surface area (Å²) in [5.41, 5.74) is 0.431. The van der Waals surface area contributed by atoms with Gasteiger partial charge in [0.25, 0.3) is 5.91 Å². The maximum absolute atomic E-state index is 12.1. The zero-order valence-electron chi connectivity index (χ0n) is 12.8. The Balaban J connectivity index is 1.93. The Morgan fingerprint density at radius 2 is 2.19 bits per heavy atom. The van der Waals surface area contributed by atoms with E-state index < -0.39 is 0 Å². The summed E-state index contributed by atoms with van der Waals surface area (Å²) in [5, 5.41) is 12.6. The molecule has 0 aliphatic carbocycles. The van der Waals surface area contributed by atoms with Crippen LogP contribution >= 0.6 is 0 Å². The molecule has 6 nitrogen and oxygen atoms in total. The number of hydrogen-bond donors (Lipinski definition) is 2. The molecule has 116 valence electrons. The molecule has 2 rings (SSSR count). The smallest absolute Gasteiger partial charge is 0.251 e. The lowest BCUT2D eigenvalue weighted by Gasteiger charge is -2.37. The van der Waals surface area contributed by atoms with Crippen LogP contribution in [0.3, 0.4) is 0 Å². The summed E-state index contributed by atoms with van der Waals surface area (Å²) in [7, 11) is 5.64. The van der Waals surface area contributed by atoms with E-state index in [0.29, 0.717) is 23.9 Å². The first-order chi connectivity index (χ1) is 10.0. The molecular formula is C15H23N3O3. The van der Waals surface area contributed by atoms with Crippen LogP contribution in [-0.4, -0.2) is 74.2 Å². The summed E-state index contributed by atoms with van der Waals surface area (Å²) in [6, 6.07) is 4.96. The third-order valence-corrected chi connectivity index (χ3v) is 3.92. The molecule has 1 aromatic rings. The van der Waals surface area contributed by atoms with Crippen molar-refractivity contribution in [2.75, 3.05) is 47.4 Å². The largest absolute Gasteiger partial charge is 0.504 e. The van der Waals surface area contributed by atoms with Crippen LogP contribution in [0.25, 0.3) is 0 Å². The predicted molar refractivity (Wildman–Crippen MR) is 80.9 cm³/mol. The van der Waals surface area contributed by atoms with Crippen molar-refractivity contribution in [1.82, 2.24) is 15.1 Å². The quantitative estimate of drug-likeness (QED) is 0.840. The van der Waals surface area contributed by atoms with Crippen molar-refractivity contribution in [3.63, 3.8) is 0 Å². The van der Waals surface area contributed by atoms with E-state index in [-0.39, 0.29) is 11.7 Å². The number of benzene rings is 1. The normalized spacial score (nSPS) is 20.2. The van der Waals surface area contributed by atoms with Crippen molar-refractivity contribution in [1.29, 1.82) is 0 Å². The highest BCUT2D eigenvalue weighted by Crippen LogP contribution is 2.26. The molecule has 21 heavy (non-hydrogen) atoms. The molecular weight excluding hydrogens is 270 g/mol. The van der Waals surface area contributed by atoms with Gasteiger partial charge in [0.2, 0.25) is 0 Å². The number of aromatic hydroxyl groups is 1. The van der Waals surface area contributed by atoms with Gasteiger partial charge >= 0.3 is 0 Å². The number of likely N-dealkylation sites (N-methyl/N-ethyl adjacent to an activating group) is 2. The number of carbonyl (C=O) groups is 1. The van der Waals surface area contributed by atoms with E-state index in [1.807, 2.05) is 0 Å². The predicted octanol–water partition coefficient (Wildman–Crippen LogP) is 0.376. The van der Waals surface area contributed by atoms with Gasteiger partial charge in [0.15, 0.2) is 11.5 Å². The van der Waals surface area contributed by atoms with Crippen LogP contribution in [0.15, 0.2) is 18.2 Å². The standard InChI is InChI=1S/C15H23N3O3/c1-17-6-7-18(2)12(10-17)9-16-15(20)11-4-5-14(21-3)13(19)8-11/h4-5,8,12,19H,6-7,9-10H2,1-3H3,(H,16,20). The monoisotopic (exact) mass is 293 g/mol. The summed E-state index contributed by atoms with van der Waals surface area (Å²) >= 11 is 0. The van der Waals surface area contributed by atoms with Crippen LogP contribution in [0.2, 0.25) is 0 Å². The molecule has 1 fully saturated rings. The molecule has 0 spiro atoms. The molecule has 1 atom stereocenters. The van der Waals surface area contributed by atoms with Crippen LogP contribution in [0.4, 0.5) is 0 Å². The fourth-order valence-electron chi connectivity index (χ4n) is 2.47. The first-order valence-electron chi connectivity index (χ1n) is 7.05. The number of phenolic OH excluding ortho intramolecular Hbond substituents is 1. The summed E-state index contributed by atoms with van der Waals surface area (Å²) in [6.07, 6.45) is 0. The number of rotatable bonds is 4. The van der Waals surface area contributed by atoms with Crippen LogP contribution in [0, 0.1) is 0 Å². The Kier molecular flexibility index (Phi) is 5.03. The molecule has 0 radical (unpaired) electrons. The van der Waals surface area contributed by atoms with E-state index in [4.69, 9.17) is 4.74 Å². The highest BCUT2D eigenvalue weighted by Gasteiger charge is 2.22. The number of amides is 1. The van der Waals surface area contributed by atoms with E-state index in [9.17, 15) is 9.90 Å². The second-order valence-corrected chi connectivity index (χ2v) is 5.49. The van der Waals surface area contributed by atoms with Gasteiger partial charge in [-0.3, -0.25) is 9.69 Å². The number of nitrogens with zero attached hydrogens (tertiary/aromatic N) is 2. The molecule has 2 N–H and O–H groups in total. The lowest BCUT2D eigenvalue weighted by atomic mass is 10.1. The van der Waals surface area contributed by atoms with Crippen molar-refractivity contribution >= 4 is 5.91 Å². The van der Waals surface area contributed by atoms with Gasteiger partial charge in [0.1, 0.15) is 0 Å². The van der Waals surface area contributed by atoms with E-state index in [2.05, 4.69) is 29.2 Å². The van der Waals surface area contributed by atoms with Crippen LogP contribution in [0.1, 0.15) is 10.4 Å². The number of carbonyl (C=O) groups excluding carboxylic acids is 1. The minimum Gasteiger partial charge on any atom is -0.504 e. The summed E-state index contributed by atoms with van der Waals surface area (Å²) in [5.74, 6) is 0.148. The van der Waals surface area contributed by atoms with E-state index in [1.165, 1.54) is 13.2 Å². The van der Waals surface area contributed by atoms with Gasteiger partial charge in [-0.05, 0) is 32.3 Å². The van der Waals surface area contributed by atoms with Gasteiger partial charge in [0.05, 0.1) is 7.11 Å². The van der Waals surface area contributed by atoms with E-state index >= 15 is 0 Å². The van der Waals surface area contributed by atoms with Crippen molar-refractivity contribution in [2.45, 2.75) is 6.04 Å². The third-order valence-electron chi connectivity index (χ3n) is 3.92. The zero-order valence-corrected chi connectivity index (χ0v) is 12.8. The van der Waals surface area contributed by atoms with Crippen LogP contribution in [-0.2, 0) is 0 Å². The number of hydrogen-bond acceptors (Lipinski definition) is 5. The van der Waals surface area contributed by atoms with Gasteiger partial charge in [-0.25, -0.2) is 0 Å². The fraction of sp³-hybridized carbons (Fsp3) is 0.533. The second-order valence-electron chi connectivity index (χ2n) is 5.49. The fourth-order valence-corrected chi connectivity index (χ4v) is 2.47. The molecule has 0 aromatic heterocycles. The molecule has 0 bridgehead atoms. The number of methoxy groups -OCH3 is 1. The van der Waals surface area contributed by atoms with Gasteiger partial charge in [0, 0.05) is 37.8 Å². The average molecular weight is 293 g/mol. The number of piperazine rings is 1. The first-order valence-corrected chi connectivity index (χ1v) is 7.05. The van der Waals surface area contributed by atoms with Crippen molar-refractivity contribution in [2.24, 2.45) is 0 Å². The summed E-state index contributed by atoms with van der Waals surface area (Å²) < 4.78 is 4.97. The van der Waals surface area contributed by atoms with Gasteiger partial charge < -0.3 is 20.1 Å². The van der Waals surface area contributed by atoms with Crippen LogP contribution < -0.4 is 10.1 Å². The van der Waals surface area contributed by atoms with Crippen molar-refractivity contribution < 1.29 is 14.6 Å². The average Bonchev–Trinajstić information content (AvgIpc) is 2.47. The molecule has 1 aromatic carbocycles. The Bertz CT molecular complexity index is 507. The van der Waals surface area contributed by atoms with Gasteiger partial charge in [-0.1, -0.05) is 0 Å². The lowest BCUT2D eigenvalue weighted by molar-refractivity contribution is 0.0881. The topological polar surface area (TPSA) is 65.0 Å². The minimum absolute atomic E-state index is 0.0281. The Morgan fingerprint density at radius 1 is 1.43 bits per heavy atom. The highest BCUT2D eigenvalue weighted by atomic mass is 16.5. The Morgan fingerprint density at radius 3 is 2.86 bits per heavy atom. The summed E-state index contributed by atoms with van der Waals surface area (Å²) in [6.45, 7) is 3.57. The van der Waals surface area contributed by atoms with E-state index in [1.54, 1.807) is 12.1 Å².